The Bertz CT molecular complexity index is 3400. The molecule has 0 bridgehead atoms. The lowest BCUT2D eigenvalue weighted by atomic mass is 9.96. The van der Waals surface area contributed by atoms with Gasteiger partial charge in [0.2, 0.25) is 0 Å². The average Bonchev–Trinajstić information content (AvgIpc) is 3.97. The molecule has 1 aliphatic carbocycles. The Kier molecular flexibility index (Phi) is 8.12. The summed E-state index contributed by atoms with van der Waals surface area (Å²) in [4.78, 5) is 14.5. The third kappa shape index (κ3) is 5.51. The van der Waals surface area contributed by atoms with Crippen LogP contribution in [0.15, 0.2) is 202 Å². The quantitative estimate of drug-likeness (QED) is 0.164. The van der Waals surface area contributed by atoms with Gasteiger partial charge in [-0.3, -0.25) is 15.0 Å². The molecule has 278 valence electrons. The summed E-state index contributed by atoms with van der Waals surface area (Å²) in [6, 6.07) is 61.0. The van der Waals surface area contributed by atoms with Gasteiger partial charge in [0.05, 0.1) is 38.8 Å². The molecule has 0 atom stereocenters. The van der Waals surface area contributed by atoms with Gasteiger partial charge in [-0.25, -0.2) is 0 Å². The molecule has 5 heteroatoms. The zero-order valence-electron chi connectivity index (χ0n) is 32.3. The lowest BCUT2D eigenvalue weighted by molar-refractivity contribution is 1.17. The van der Waals surface area contributed by atoms with E-state index in [0.29, 0.717) is 0 Å². The summed E-state index contributed by atoms with van der Waals surface area (Å²) < 4.78 is 4.69. The van der Waals surface area contributed by atoms with Crippen molar-refractivity contribution in [3.63, 3.8) is 0 Å². The Morgan fingerprint density at radius 1 is 0.373 bits per heavy atom. The van der Waals surface area contributed by atoms with Crippen LogP contribution in [0.25, 0.3) is 99.9 Å². The molecule has 0 unspecified atom stereocenters. The van der Waals surface area contributed by atoms with Crippen molar-refractivity contribution >= 4 is 43.9 Å². The molecule has 0 N–H and O–H groups in total. The number of pyridine rings is 3. The van der Waals surface area contributed by atoms with Gasteiger partial charge in [0.15, 0.2) is 0 Å². The summed E-state index contributed by atoms with van der Waals surface area (Å²) in [6.45, 7) is 6.00. The summed E-state index contributed by atoms with van der Waals surface area (Å²) in [6.07, 6.45) is 6.56. The SMILES string of the molecule is C=C.c1ccc(-n2c3ccc(-c4ccc5c(c4)-c4cc(-n6c7ccc(-c8ccccc8-c8ccccn8)cc7c7ncccc76)ccc4C5)cc3c3ncccc32)cc1. The molecule has 1 aliphatic rings. The average molecular weight is 756 g/mol. The van der Waals surface area contributed by atoms with Crippen molar-refractivity contribution < 1.29 is 0 Å². The van der Waals surface area contributed by atoms with Crippen LogP contribution in [0.5, 0.6) is 0 Å². The van der Waals surface area contributed by atoms with Gasteiger partial charge in [0.1, 0.15) is 0 Å². The Morgan fingerprint density at radius 2 is 0.932 bits per heavy atom. The van der Waals surface area contributed by atoms with E-state index >= 15 is 0 Å². The first-order valence-corrected chi connectivity index (χ1v) is 19.9. The van der Waals surface area contributed by atoms with Crippen LogP contribution in [0.4, 0.5) is 0 Å². The van der Waals surface area contributed by atoms with E-state index in [0.717, 1.165) is 84.1 Å². The smallest absolute Gasteiger partial charge is 0.0963 e. The lowest BCUT2D eigenvalue weighted by Gasteiger charge is -2.12. The Balaban J connectivity index is 0.00000196. The van der Waals surface area contributed by atoms with Gasteiger partial charge in [0.25, 0.3) is 0 Å². The molecule has 0 saturated heterocycles. The number of benzene rings is 6. The molecular weight excluding hydrogens is 719 g/mol. The van der Waals surface area contributed by atoms with Crippen LogP contribution in [0.2, 0.25) is 0 Å². The van der Waals surface area contributed by atoms with Crippen molar-refractivity contribution in [1.82, 2.24) is 24.1 Å². The Morgan fingerprint density at radius 3 is 1.64 bits per heavy atom. The molecule has 0 fully saturated rings. The van der Waals surface area contributed by atoms with Gasteiger partial charge in [-0.05, 0) is 142 Å². The van der Waals surface area contributed by atoms with E-state index < -0.39 is 0 Å². The number of hydrogen-bond acceptors (Lipinski definition) is 3. The summed E-state index contributed by atoms with van der Waals surface area (Å²) in [5.74, 6) is 0. The van der Waals surface area contributed by atoms with Gasteiger partial charge in [0, 0.05) is 46.3 Å². The molecule has 0 aliphatic heterocycles. The van der Waals surface area contributed by atoms with Crippen molar-refractivity contribution in [2.75, 3.05) is 0 Å². The maximum Gasteiger partial charge on any atom is 0.0963 e. The number of aromatic nitrogens is 5. The van der Waals surface area contributed by atoms with Crippen LogP contribution >= 0.6 is 0 Å². The zero-order chi connectivity index (χ0) is 39.5. The summed E-state index contributed by atoms with van der Waals surface area (Å²) >= 11 is 0. The molecule has 0 saturated carbocycles. The minimum absolute atomic E-state index is 0.923. The van der Waals surface area contributed by atoms with Gasteiger partial charge < -0.3 is 9.13 Å². The fourth-order valence-corrected chi connectivity index (χ4v) is 9.11. The van der Waals surface area contributed by atoms with Crippen molar-refractivity contribution in [1.29, 1.82) is 0 Å². The van der Waals surface area contributed by atoms with Crippen LogP contribution in [0.1, 0.15) is 11.1 Å². The maximum absolute atomic E-state index is 4.94. The predicted molar refractivity (Wildman–Crippen MR) is 244 cm³/mol. The van der Waals surface area contributed by atoms with Crippen LogP contribution in [-0.4, -0.2) is 24.1 Å². The molecule has 0 radical (unpaired) electrons. The van der Waals surface area contributed by atoms with Crippen molar-refractivity contribution in [2.24, 2.45) is 0 Å². The first-order chi connectivity index (χ1) is 29.3. The molecule has 5 aromatic heterocycles. The molecule has 12 rings (SSSR count). The second-order valence-electron chi connectivity index (χ2n) is 14.9. The van der Waals surface area contributed by atoms with Gasteiger partial charge in [-0.2, -0.15) is 0 Å². The molecule has 59 heavy (non-hydrogen) atoms. The van der Waals surface area contributed by atoms with E-state index in [1.165, 1.54) is 33.4 Å². The van der Waals surface area contributed by atoms with Crippen molar-refractivity contribution in [3.8, 4) is 56.0 Å². The largest absolute Gasteiger partial charge is 0.308 e. The molecule has 5 nitrogen and oxygen atoms in total. The minimum Gasteiger partial charge on any atom is -0.308 e. The Hall–Kier alpha value is -7.89. The fourth-order valence-electron chi connectivity index (χ4n) is 9.11. The summed E-state index contributed by atoms with van der Waals surface area (Å²) in [7, 11) is 0. The standard InChI is InChI=1S/C52H33N5.C2H4/c1-2-10-38(11-3-1)56-47-23-20-34(30-44(47)51-49(56)15-8-26-54-51)33-17-18-35-28-36-19-22-39(32-43(36)42(35)29-33)57-48-24-21-37(31-45(48)52-50(57)16-9-27-55-52)40-12-4-5-13-41(40)46-14-6-7-25-53-46;1-2/h1-27,29-32H,28H2;1-2H2. The summed E-state index contributed by atoms with van der Waals surface area (Å²) in [5.41, 5.74) is 20.8. The number of nitrogens with zero attached hydrogens (tertiary/aromatic N) is 5. The topological polar surface area (TPSA) is 48.5 Å². The highest BCUT2D eigenvalue weighted by Gasteiger charge is 2.23. The third-order valence-electron chi connectivity index (χ3n) is 11.7. The number of rotatable bonds is 5. The van der Waals surface area contributed by atoms with Gasteiger partial charge in [-0.15, -0.1) is 13.2 Å². The molecule has 0 amide bonds. The minimum atomic E-state index is 0.923. The predicted octanol–water partition coefficient (Wildman–Crippen LogP) is 13.4. The molecular formula is C54H37N5. The number of para-hydroxylation sites is 1. The van der Waals surface area contributed by atoms with Crippen LogP contribution in [0.3, 0.4) is 0 Å². The maximum atomic E-state index is 4.94. The van der Waals surface area contributed by atoms with E-state index in [1.807, 2.05) is 42.9 Å². The zero-order valence-corrected chi connectivity index (χ0v) is 32.3. The molecule has 0 spiro atoms. The third-order valence-corrected chi connectivity index (χ3v) is 11.7. The van der Waals surface area contributed by atoms with Gasteiger partial charge >= 0.3 is 0 Å². The highest BCUT2D eigenvalue weighted by Crippen LogP contribution is 2.43. The highest BCUT2D eigenvalue weighted by atomic mass is 15.0. The first kappa shape index (κ1) is 34.4. The second kappa shape index (κ2) is 13.9. The lowest BCUT2D eigenvalue weighted by Crippen LogP contribution is -1.95. The van der Waals surface area contributed by atoms with Crippen LogP contribution in [0, 0.1) is 0 Å². The summed E-state index contributed by atoms with van der Waals surface area (Å²) in [5, 5.41) is 2.28. The molecule has 11 aromatic rings. The second-order valence-corrected chi connectivity index (χ2v) is 14.9. The fraction of sp³-hybridized carbons (Fsp3) is 0.0185. The number of hydrogen-bond donors (Lipinski definition) is 0. The van der Waals surface area contributed by atoms with Crippen LogP contribution in [-0.2, 0) is 6.42 Å². The molecule has 5 heterocycles. The van der Waals surface area contributed by atoms with E-state index in [4.69, 9.17) is 9.97 Å². The van der Waals surface area contributed by atoms with E-state index in [9.17, 15) is 0 Å². The Labute approximate surface area is 341 Å². The van der Waals surface area contributed by atoms with E-state index in [2.05, 4.69) is 173 Å². The first-order valence-electron chi connectivity index (χ1n) is 19.9. The number of fused-ring (bicyclic) bond motifs is 9. The van der Waals surface area contributed by atoms with E-state index in [1.54, 1.807) is 0 Å². The van der Waals surface area contributed by atoms with E-state index in [-0.39, 0.29) is 0 Å². The normalized spacial score (nSPS) is 11.8. The monoisotopic (exact) mass is 755 g/mol. The highest BCUT2D eigenvalue weighted by molar-refractivity contribution is 6.10. The van der Waals surface area contributed by atoms with Crippen molar-refractivity contribution in [3.05, 3.63) is 213 Å². The van der Waals surface area contributed by atoms with Crippen molar-refractivity contribution in [2.45, 2.75) is 6.42 Å². The van der Waals surface area contributed by atoms with Crippen LogP contribution < -0.4 is 0 Å². The molecule has 6 aromatic carbocycles. The van der Waals surface area contributed by atoms with Gasteiger partial charge in [-0.1, -0.05) is 78.9 Å².